The molecule has 1 N–H and O–H groups in total. The van der Waals surface area contributed by atoms with E-state index in [2.05, 4.69) is 23.0 Å². The van der Waals surface area contributed by atoms with Crippen molar-refractivity contribution in [3.8, 4) is 17.2 Å². The Bertz CT molecular complexity index is 1530. The molecule has 6 nitrogen and oxygen atoms in total. The number of para-hydroxylation sites is 2. The Morgan fingerprint density at radius 3 is 2.34 bits per heavy atom. The summed E-state index contributed by atoms with van der Waals surface area (Å²) in [5.41, 5.74) is 2.93. The Morgan fingerprint density at radius 2 is 1.76 bits per heavy atom. The fraction of sp³-hybridized carbons (Fsp3) is 0.290. The Labute approximate surface area is 239 Å². The highest BCUT2D eigenvalue weighted by Gasteiger charge is 2.33. The number of aromatic carboxylic acids is 1. The van der Waals surface area contributed by atoms with Gasteiger partial charge in [0.25, 0.3) is 0 Å². The molecule has 0 aliphatic carbocycles. The number of benzene rings is 3. The number of nitrogens with zero attached hydrogens (tertiary/aromatic N) is 2. The van der Waals surface area contributed by atoms with E-state index in [1.807, 2.05) is 51.1 Å². The summed E-state index contributed by atoms with van der Waals surface area (Å²) in [4.78, 5) is 13.6. The molecule has 1 unspecified atom stereocenters. The van der Waals surface area contributed by atoms with Gasteiger partial charge >= 0.3 is 12.3 Å². The summed E-state index contributed by atoms with van der Waals surface area (Å²) in [6.07, 6.45) is -0.985. The minimum Gasteiger partial charge on any atom is -0.487 e. The number of carboxylic acid groups (broad SMARTS) is 1. The van der Waals surface area contributed by atoms with E-state index in [9.17, 15) is 23.1 Å². The first-order valence-electron chi connectivity index (χ1n) is 13.1. The van der Waals surface area contributed by atoms with Gasteiger partial charge in [-0.25, -0.2) is 9.48 Å². The molecule has 0 radical (unpaired) electrons. The van der Waals surface area contributed by atoms with Crippen LogP contribution in [-0.2, 0) is 6.61 Å². The molecule has 41 heavy (non-hydrogen) atoms. The molecule has 218 valence electrons. The van der Waals surface area contributed by atoms with Gasteiger partial charge in [0.05, 0.1) is 17.5 Å². The average Bonchev–Trinajstić information content (AvgIpc) is 3.35. The van der Waals surface area contributed by atoms with E-state index < -0.39 is 22.4 Å². The maximum Gasteiger partial charge on any atom is 0.573 e. The van der Waals surface area contributed by atoms with E-state index in [0.717, 1.165) is 21.8 Å². The monoisotopic (exact) mass is 586 g/mol. The van der Waals surface area contributed by atoms with Crippen molar-refractivity contribution in [2.24, 2.45) is 0 Å². The Morgan fingerprint density at radius 1 is 1.07 bits per heavy atom. The van der Waals surface area contributed by atoms with Gasteiger partial charge in [-0.1, -0.05) is 32.9 Å². The predicted molar refractivity (Wildman–Crippen MR) is 154 cm³/mol. The number of hydrogen-bond acceptors (Lipinski definition) is 4. The lowest BCUT2D eigenvalue weighted by Crippen LogP contribution is -2.19. The molecule has 1 aromatic heterocycles. The van der Waals surface area contributed by atoms with Gasteiger partial charge in [-0.3, -0.25) is 0 Å². The lowest BCUT2D eigenvalue weighted by Gasteiger charge is -2.37. The van der Waals surface area contributed by atoms with Crippen molar-refractivity contribution in [3.63, 3.8) is 0 Å². The molecule has 0 saturated heterocycles. The Hall–Kier alpha value is -3.92. The molecular weight excluding hydrogens is 553 g/mol. The zero-order valence-corrected chi connectivity index (χ0v) is 24.3. The summed E-state index contributed by atoms with van der Waals surface area (Å²) in [6.45, 7) is 8.20. The number of ether oxygens (including phenoxy) is 2. The summed E-state index contributed by atoms with van der Waals surface area (Å²) in [5.74, 6) is 0.242. The van der Waals surface area contributed by atoms with Crippen LogP contribution in [0.4, 0.5) is 13.2 Å². The van der Waals surface area contributed by atoms with Gasteiger partial charge in [-0.2, -0.15) is 15.1 Å². The molecule has 1 heterocycles. The summed E-state index contributed by atoms with van der Waals surface area (Å²) in [7, 11) is -1.43. The van der Waals surface area contributed by atoms with Crippen LogP contribution >= 0.6 is 10.0 Å². The van der Waals surface area contributed by atoms with Crippen LogP contribution in [0.15, 0.2) is 82.7 Å². The minimum atomic E-state index is -4.84. The number of halogens is 3. The van der Waals surface area contributed by atoms with Crippen molar-refractivity contribution in [2.45, 2.75) is 56.4 Å². The predicted octanol–water partition coefficient (Wildman–Crippen LogP) is 8.35. The molecule has 0 aliphatic rings. The average molecular weight is 587 g/mol. The first-order chi connectivity index (χ1) is 19.3. The Kier molecular flexibility index (Phi) is 8.72. The molecule has 0 amide bonds. The van der Waals surface area contributed by atoms with Gasteiger partial charge in [0.15, 0.2) is 5.75 Å². The zero-order chi connectivity index (χ0) is 29.9. The fourth-order valence-corrected chi connectivity index (χ4v) is 7.55. The van der Waals surface area contributed by atoms with Gasteiger partial charge in [0.2, 0.25) is 0 Å². The zero-order valence-electron chi connectivity index (χ0n) is 23.5. The van der Waals surface area contributed by atoms with Crippen molar-refractivity contribution >= 4 is 16.0 Å². The maximum absolute atomic E-state index is 13.1. The summed E-state index contributed by atoms with van der Waals surface area (Å²) in [5, 5.41) is 13.7. The number of hydrogen-bond donors (Lipinski definition) is 1. The topological polar surface area (TPSA) is 73.6 Å². The van der Waals surface area contributed by atoms with Crippen molar-refractivity contribution in [1.29, 1.82) is 0 Å². The molecule has 0 saturated carbocycles. The highest BCUT2D eigenvalue weighted by Crippen LogP contribution is 2.60. The second-order valence-corrected chi connectivity index (χ2v) is 13.7. The molecule has 10 heteroatoms. The summed E-state index contributed by atoms with van der Waals surface area (Å²) in [6, 6.07) is 18.8. The number of rotatable bonds is 10. The largest absolute Gasteiger partial charge is 0.573 e. The van der Waals surface area contributed by atoms with Crippen LogP contribution in [-0.4, -0.2) is 39.2 Å². The fourth-order valence-electron chi connectivity index (χ4n) is 4.78. The van der Waals surface area contributed by atoms with E-state index in [1.54, 1.807) is 24.4 Å². The van der Waals surface area contributed by atoms with E-state index in [0.29, 0.717) is 11.4 Å². The second kappa shape index (κ2) is 11.9. The van der Waals surface area contributed by atoms with Gasteiger partial charge in [-0.05, 0) is 100 Å². The van der Waals surface area contributed by atoms with Gasteiger partial charge in [0, 0.05) is 0 Å². The Balaban J connectivity index is 1.63. The van der Waals surface area contributed by atoms with E-state index in [-0.39, 0.29) is 29.5 Å². The van der Waals surface area contributed by atoms with E-state index in [1.165, 1.54) is 27.8 Å². The SMILES string of the molecule is CCS(C)(c1ccc(C(=O)O)cc1)c1ccc(OCc2c(C(C)C)cnn2-c2ccccc2OC(F)(F)F)cc1C. The van der Waals surface area contributed by atoms with E-state index >= 15 is 0 Å². The van der Waals surface area contributed by atoms with Crippen molar-refractivity contribution in [3.05, 3.63) is 95.3 Å². The van der Waals surface area contributed by atoms with Crippen LogP contribution in [0, 0.1) is 6.92 Å². The lowest BCUT2D eigenvalue weighted by molar-refractivity contribution is -0.274. The summed E-state index contributed by atoms with van der Waals surface area (Å²) < 4.78 is 51.1. The first-order valence-corrected chi connectivity index (χ1v) is 15.3. The highest BCUT2D eigenvalue weighted by molar-refractivity contribution is 8.33. The molecule has 4 aromatic rings. The molecule has 0 spiro atoms. The first kappa shape index (κ1) is 30.0. The van der Waals surface area contributed by atoms with Crippen LogP contribution in [0.25, 0.3) is 5.69 Å². The molecular formula is C31H33F3N2O4S. The smallest absolute Gasteiger partial charge is 0.487 e. The van der Waals surface area contributed by atoms with Crippen LogP contribution < -0.4 is 9.47 Å². The highest BCUT2D eigenvalue weighted by atomic mass is 32.3. The number of carboxylic acids is 1. The number of carbonyl (C=O) groups is 1. The standard InChI is InChI=1S/C31H33F3N2O4S/c1-6-41(5,24-14-11-22(12-15-24)30(37)38)29-16-13-23(17-21(29)4)39-19-27-25(20(2)3)18-35-36(27)26-9-7-8-10-28(26)40-31(32,33)34/h7-18,20H,6,19H2,1-5H3,(H,37,38). The molecule has 4 rings (SSSR count). The van der Waals surface area contributed by atoms with E-state index in [4.69, 9.17) is 4.74 Å². The number of alkyl halides is 3. The van der Waals surface area contributed by atoms with Gasteiger partial charge in [-0.15, -0.1) is 13.2 Å². The third-order valence-corrected chi connectivity index (χ3v) is 10.9. The van der Waals surface area contributed by atoms with Crippen LogP contribution in [0.5, 0.6) is 11.5 Å². The molecule has 0 fully saturated rings. The van der Waals surface area contributed by atoms with Gasteiger partial charge in [0.1, 0.15) is 18.0 Å². The molecule has 3 aromatic carbocycles. The van der Waals surface area contributed by atoms with Crippen LogP contribution in [0.1, 0.15) is 53.9 Å². The third-order valence-electron chi connectivity index (χ3n) is 7.05. The lowest BCUT2D eigenvalue weighted by atomic mass is 10.0. The molecule has 0 aliphatic heterocycles. The third kappa shape index (κ3) is 6.53. The molecule has 0 bridgehead atoms. The van der Waals surface area contributed by atoms with Crippen molar-refractivity contribution < 1.29 is 32.5 Å². The van der Waals surface area contributed by atoms with Crippen LogP contribution in [0.2, 0.25) is 0 Å². The van der Waals surface area contributed by atoms with Crippen molar-refractivity contribution in [2.75, 3.05) is 12.0 Å². The van der Waals surface area contributed by atoms with Gasteiger partial charge < -0.3 is 14.6 Å². The number of aromatic nitrogens is 2. The summed E-state index contributed by atoms with van der Waals surface area (Å²) >= 11 is 0. The normalized spacial score (nSPS) is 14.0. The van der Waals surface area contributed by atoms with Crippen LogP contribution in [0.3, 0.4) is 0 Å². The minimum absolute atomic E-state index is 0.0588. The molecule has 1 atom stereocenters. The second-order valence-electron chi connectivity index (χ2n) is 10.1. The maximum atomic E-state index is 13.1. The van der Waals surface area contributed by atoms with Crippen molar-refractivity contribution in [1.82, 2.24) is 9.78 Å². The number of aryl methyl sites for hydroxylation is 1. The quantitative estimate of drug-likeness (QED) is 0.202.